The number of esters is 1. The standard InChI is InChI=1S/C17H19NO5S/c1-10-9-24-16(18-10)12(17(19)23-5)6-11-7-13(20-2)15(22-4)14(8-11)21-3/h6-9H,1-5H3/b12-6-. The summed E-state index contributed by atoms with van der Waals surface area (Å²) in [6.45, 7) is 1.87. The Labute approximate surface area is 144 Å². The van der Waals surface area contributed by atoms with Crippen molar-refractivity contribution in [3.8, 4) is 17.2 Å². The molecule has 0 fully saturated rings. The van der Waals surface area contributed by atoms with Crippen molar-refractivity contribution in [2.45, 2.75) is 6.92 Å². The molecule has 0 spiro atoms. The topological polar surface area (TPSA) is 66.9 Å². The van der Waals surface area contributed by atoms with Gasteiger partial charge in [-0.25, -0.2) is 9.78 Å². The molecular weight excluding hydrogens is 330 g/mol. The second-order valence-corrected chi connectivity index (χ2v) is 5.66. The lowest BCUT2D eigenvalue weighted by Gasteiger charge is -2.13. The van der Waals surface area contributed by atoms with E-state index in [-0.39, 0.29) is 0 Å². The summed E-state index contributed by atoms with van der Waals surface area (Å²) in [5, 5.41) is 2.47. The van der Waals surface area contributed by atoms with Crippen molar-refractivity contribution in [2.75, 3.05) is 28.4 Å². The number of hydrogen-bond donors (Lipinski definition) is 0. The average molecular weight is 349 g/mol. The van der Waals surface area contributed by atoms with Gasteiger partial charge >= 0.3 is 5.97 Å². The summed E-state index contributed by atoms with van der Waals surface area (Å²) in [5.41, 5.74) is 1.91. The maximum absolute atomic E-state index is 12.1. The fourth-order valence-electron chi connectivity index (χ4n) is 2.15. The van der Waals surface area contributed by atoms with Crippen LogP contribution >= 0.6 is 11.3 Å². The number of methoxy groups -OCH3 is 4. The summed E-state index contributed by atoms with van der Waals surface area (Å²) in [4.78, 5) is 16.5. The number of rotatable bonds is 6. The lowest BCUT2D eigenvalue weighted by atomic mass is 10.1. The molecule has 128 valence electrons. The van der Waals surface area contributed by atoms with Gasteiger partial charge in [-0.3, -0.25) is 0 Å². The van der Waals surface area contributed by atoms with E-state index in [0.717, 1.165) is 5.69 Å². The van der Waals surface area contributed by atoms with Crippen molar-refractivity contribution < 1.29 is 23.7 Å². The van der Waals surface area contributed by atoms with Crippen molar-refractivity contribution in [1.29, 1.82) is 0 Å². The lowest BCUT2D eigenvalue weighted by molar-refractivity contribution is -0.133. The summed E-state index contributed by atoms with van der Waals surface area (Å²) >= 11 is 1.38. The SMILES string of the molecule is COC(=O)/C(=C\c1cc(OC)c(OC)c(OC)c1)c1nc(C)cs1. The van der Waals surface area contributed by atoms with Gasteiger partial charge in [-0.15, -0.1) is 11.3 Å². The molecule has 1 aromatic carbocycles. The van der Waals surface area contributed by atoms with Crippen LogP contribution in [0.3, 0.4) is 0 Å². The minimum absolute atomic E-state index is 0.366. The number of benzene rings is 1. The van der Waals surface area contributed by atoms with E-state index in [9.17, 15) is 4.79 Å². The predicted molar refractivity (Wildman–Crippen MR) is 92.8 cm³/mol. The highest BCUT2D eigenvalue weighted by molar-refractivity contribution is 7.11. The molecule has 0 saturated heterocycles. The smallest absolute Gasteiger partial charge is 0.340 e. The predicted octanol–water partition coefficient (Wildman–Crippen LogP) is 3.19. The zero-order valence-electron chi connectivity index (χ0n) is 14.2. The highest BCUT2D eigenvalue weighted by atomic mass is 32.1. The van der Waals surface area contributed by atoms with E-state index in [1.807, 2.05) is 12.3 Å². The average Bonchev–Trinajstić information content (AvgIpc) is 3.03. The Morgan fingerprint density at radius 3 is 2.12 bits per heavy atom. The molecule has 6 nitrogen and oxygen atoms in total. The summed E-state index contributed by atoms with van der Waals surface area (Å²) < 4.78 is 20.8. The van der Waals surface area contributed by atoms with Crippen LogP contribution in [0.1, 0.15) is 16.3 Å². The Kier molecular flexibility index (Phi) is 5.81. The van der Waals surface area contributed by atoms with Crippen molar-refractivity contribution in [3.63, 3.8) is 0 Å². The number of nitrogens with zero attached hydrogens (tertiary/aromatic N) is 1. The number of hydrogen-bond acceptors (Lipinski definition) is 7. The number of aryl methyl sites for hydroxylation is 1. The van der Waals surface area contributed by atoms with E-state index in [2.05, 4.69) is 4.98 Å². The molecule has 0 N–H and O–H groups in total. The molecular formula is C17H19NO5S. The monoisotopic (exact) mass is 349 g/mol. The van der Waals surface area contributed by atoms with Gasteiger partial charge in [-0.2, -0.15) is 0 Å². The van der Waals surface area contributed by atoms with Gasteiger partial charge in [0, 0.05) is 11.1 Å². The highest BCUT2D eigenvalue weighted by Crippen LogP contribution is 2.39. The third kappa shape index (κ3) is 3.68. The Hall–Kier alpha value is -2.54. The molecule has 0 aliphatic rings. The van der Waals surface area contributed by atoms with Gasteiger partial charge in [0.05, 0.1) is 34.0 Å². The minimum atomic E-state index is -0.460. The fourth-order valence-corrected chi connectivity index (χ4v) is 2.95. The molecule has 2 rings (SSSR count). The van der Waals surface area contributed by atoms with Crippen LogP contribution in [0.25, 0.3) is 11.6 Å². The van der Waals surface area contributed by atoms with E-state index in [0.29, 0.717) is 33.4 Å². The minimum Gasteiger partial charge on any atom is -0.493 e. The molecule has 0 bridgehead atoms. The summed E-state index contributed by atoms with van der Waals surface area (Å²) in [6, 6.07) is 3.51. The zero-order valence-corrected chi connectivity index (χ0v) is 15.0. The summed E-state index contributed by atoms with van der Waals surface area (Å²) in [7, 11) is 5.95. The zero-order chi connectivity index (χ0) is 17.7. The first-order chi connectivity index (χ1) is 11.5. The number of ether oxygens (including phenoxy) is 4. The largest absolute Gasteiger partial charge is 0.493 e. The first-order valence-electron chi connectivity index (χ1n) is 7.06. The highest BCUT2D eigenvalue weighted by Gasteiger charge is 2.18. The van der Waals surface area contributed by atoms with Crippen LogP contribution in [0.4, 0.5) is 0 Å². The number of carbonyl (C=O) groups is 1. The van der Waals surface area contributed by atoms with Crippen LogP contribution in [-0.4, -0.2) is 39.4 Å². The van der Waals surface area contributed by atoms with E-state index >= 15 is 0 Å². The summed E-state index contributed by atoms with van der Waals surface area (Å²) in [5.74, 6) is 1.03. The third-order valence-electron chi connectivity index (χ3n) is 3.25. The van der Waals surface area contributed by atoms with Gasteiger partial charge < -0.3 is 18.9 Å². The van der Waals surface area contributed by atoms with Crippen molar-refractivity contribution in [1.82, 2.24) is 4.98 Å². The molecule has 0 saturated carbocycles. The molecule has 0 unspecified atom stereocenters. The van der Waals surface area contributed by atoms with Gasteiger partial charge in [0.2, 0.25) is 5.75 Å². The van der Waals surface area contributed by atoms with Crippen LogP contribution in [0.5, 0.6) is 17.2 Å². The van der Waals surface area contributed by atoms with E-state index < -0.39 is 5.97 Å². The molecule has 0 radical (unpaired) electrons. The second kappa shape index (κ2) is 7.83. The number of carbonyl (C=O) groups excluding carboxylic acids is 1. The van der Waals surface area contributed by atoms with E-state index in [1.54, 1.807) is 18.2 Å². The molecule has 1 heterocycles. The van der Waals surface area contributed by atoms with Crippen molar-refractivity contribution in [3.05, 3.63) is 33.8 Å². The maximum Gasteiger partial charge on any atom is 0.340 e. The number of thiazole rings is 1. The van der Waals surface area contributed by atoms with Crippen molar-refractivity contribution >= 4 is 29.0 Å². The quantitative estimate of drug-likeness (QED) is 0.589. The van der Waals surface area contributed by atoms with Gasteiger partial charge in [-0.1, -0.05) is 0 Å². The fraction of sp³-hybridized carbons (Fsp3) is 0.294. The molecule has 24 heavy (non-hydrogen) atoms. The molecule has 0 atom stereocenters. The molecule has 2 aromatic rings. The van der Waals surface area contributed by atoms with Crippen LogP contribution in [0, 0.1) is 6.92 Å². The van der Waals surface area contributed by atoms with E-state index in [1.165, 1.54) is 39.8 Å². The maximum atomic E-state index is 12.1. The van der Waals surface area contributed by atoms with Gasteiger partial charge in [0.25, 0.3) is 0 Å². The van der Waals surface area contributed by atoms with Crippen molar-refractivity contribution in [2.24, 2.45) is 0 Å². The Bertz CT molecular complexity index is 741. The lowest BCUT2D eigenvalue weighted by Crippen LogP contribution is -2.04. The second-order valence-electron chi connectivity index (χ2n) is 4.80. The van der Waals surface area contributed by atoms with Crippen LogP contribution < -0.4 is 14.2 Å². The van der Waals surface area contributed by atoms with Crippen LogP contribution in [0.2, 0.25) is 0 Å². The Morgan fingerprint density at radius 1 is 1.08 bits per heavy atom. The van der Waals surface area contributed by atoms with Gasteiger partial charge in [0.1, 0.15) is 5.01 Å². The first kappa shape index (κ1) is 17.8. The van der Waals surface area contributed by atoms with Crippen LogP contribution in [0.15, 0.2) is 17.5 Å². The van der Waals surface area contributed by atoms with Crippen LogP contribution in [-0.2, 0) is 9.53 Å². The Balaban J connectivity index is 2.58. The molecule has 0 aliphatic heterocycles. The number of aromatic nitrogens is 1. The molecule has 7 heteroatoms. The first-order valence-corrected chi connectivity index (χ1v) is 7.94. The van der Waals surface area contributed by atoms with Gasteiger partial charge in [0.15, 0.2) is 11.5 Å². The molecule has 0 aliphatic carbocycles. The third-order valence-corrected chi connectivity index (χ3v) is 4.25. The normalized spacial score (nSPS) is 11.1. The molecule has 1 aromatic heterocycles. The summed E-state index contributed by atoms with van der Waals surface area (Å²) in [6.07, 6.45) is 1.69. The Morgan fingerprint density at radius 2 is 1.71 bits per heavy atom. The van der Waals surface area contributed by atoms with E-state index in [4.69, 9.17) is 18.9 Å². The van der Waals surface area contributed by atoms with Gasteiger partial charge in [-0.05, 0) is 30.7 Å². The molecule has 0 amide bonds.